The van der Waals surface area contributed by atoms with Crippen molar-refractivity contribution in [3.05, 3.63) is 35.4 Å². The van der Waals surface area contributed by atoms with E-state index in [4.69, 9.17) is 4.74 Å². The molecule has 0 aliphatic carbocycles. The largest absolute Gasteiger partial charge is 0.416 e. The molecule has 2 fully saturated rings. The summed E-state index contributed by atoms with van der Waals surface area (Å²) >= 11 is 0. The summed E-state index contributed by atoms with van der Waals surface area (Å²) in [6.07, 6.45) is -1.93. The fraction of sp³-hybridized carbons (Fsp3) is 0.714. The molecule has 0 radical (unpaired) electrons. The van der Waals surface area contributed by atoms with Gasteiger partial charge in [0.05, 0.1) is 11.2 Å². The quantitative estimate of drug-likeness (QED) is 0.775. The summed E-state index contributed by atoms with van der Waals surface area (Å²) in [5.41, 5.74) is -0.341. The topological polar surface area (TPSA) is 15.7 Å². The summed E-state index contributed by atoms with van der Waals surface area (Å²) < 4.78 is 45.8. The second-order valence-electron chi connectivity index (χ2n) is 8.79. The standard InChI is InChI=1S/C21H31F3N2O/c1-19(2)16-20(8-14-27-19,7-9-26-12-10-25(3)11-13-26)17-5-4-6-18(15-17)21(22,23)24/h4-6,15H,7-14,16H2,1-3H3. The number of likely N-dealkylation sites (N-methyl/N-ethyl adjacent to an activating group) is 1. The lowest BCUT2D eigenvalue weighted by Gasteiger charge is -2.46. The highest BCUT2D eigenvalue weighted by atomic mass is 19.4. The van der Waals surface area contributed by atoms with E-state index in [9.17, 15) is 13.2 Å². The second-order valence-corrected chi connectivity index (χ2v) is 8.79. The molecule has 2 saturated heterocycles. The number of halogens is 3. The highest BCUT2D eigenvalue weighted by Gasteiger charge is 2.43. The van der Waals surface area contributed by atoms with Crippen LogP contribution in [-0.2, 0) is 16.3 Å². The molecule has 0 aromatic heterocycles. The fourth-order valence-corrected chi connectivity index (χ4v) is 4.55. The summed E-state index contributed by atoms with van der Waals surface area (Å²) in [7, 11) is 2.13. The van der Waals surface area contributed by atoms with Crippen LogP contribution in [0.1, 0.15) is 44.2 Å². The number of benzene rings is 1. The van der Waals surface area contributed by atoms with Crippen LogP contribution in [0.25, 0.3) is 0 Å². The first-order chi connectivity index (χ1) is 12.6. The Bertz CT molecular complexity index is 639. The van der Waals surface area contributed by atoms with E-state index in [0.717, 1.165) is 57.5 Å². The maximum Gasteiger partial charge on any atom is 0.416 e. The van der Waals surface area contributed by atoms with Crippen LogP contribution in [0, 0.1) is 0 Å². The summed E-state index contributed by atoms with van der Waals surface area (Å²) in [6.45, 7) is 9.74. The predicted octanol–water partition coefficient (Wildman–Crippen LogP) is 4.17. The third-order valence-electron chi connectivity index (χ3n) is 6.14. The monoisotopic (exact) mass is 384 g/mol. The number of rotatable bonds is 4. The Hall–Kier alpha value is -1.11. The Morgan fingerprint density at radius 2 is 1.81 bits per heavy atom. The second kappa shape index (κ2) is 7.72. The SMILES string of the molecule is CN1CCN(CCC2(c3cccc(C(F)(F)F)c3)CCOC(C)(C)C2)CC1. The first kappa shape index (κ1) is 20.6. The van der Waals surface area contributed by atoms with Crippen molar-refractivity contribution in [3.63, 3.8) is 0 Å². The van der Waals surface area contributed by atoms with E-state index in [0.29, 0.717) is 6.61 Å². The molecule has 1 aromatic carbocycles. The Labute approximate surface area is 160 Å². The van der Waals surface area contributed by atoms with E-state index < -0.39 is 11.7 Å². The summed E-state index contributed by atoms with van der Waals surface area (Å²) in [4.78, 5) is 4.76. The number of piperazine rings is 1. The first-order valence-electron chi connectivity index (χ1n) is 9.82. The molecule has 1 aromatic rings. The molecule has 3 nitrogen and oxygen atoms in total. The minimum atomic E-state index is -4.31. The van der Waals surface area contributed by atoms with E-state index in [1.54, 1.807) is 6.07 Å². The molecule has 2 aliphatic rings. The molecule has 6 heteroatoms. The van der Waals surface area contributed by atoms with Crippen LogP contribution in [0.5, 0.6) is 0 Å². The molecule has 2 aliphatic heterocycles. The average Bonchev–Trinajstić information content (AvgIpc) is 2.60. The smallest absolute Gasteiger partial charge is 0.376 e. The molecule has 1 unspecified atom stereocenters. The zero-order valence-corrected chi connectivity index (χ0v) is 16.6. The number of ether oxygens (including phenoxy) is 1. The van der Waals surface area contributed by atoms with Crippen molar-refractivity contribution in [2.75, 3.05) is 46.4 Å². The van der Waals surface area contributed by atoms with Gasteiger partial charge in [0.1, 0.15) is 0 Å². The Kier molecular flexibility index (Phi) is 5.90. The van der Waals surface area contributed by atoms with Crippen molar-refractivity contribution in [2.45, 2.75) is 50.3 Å². The number of nitrogens with zero attached hydrogens (tertiary/aromatic N) is 2. The van der Waals surface area contributed by atoms with Crippen molar-refractivity contribution in [1.82, 2.24) is 9.80 Å². The van der Waals surface area contributed by atoms with Gasteiger partial charge in [0.15, 0.2) is 0 Å². The van der Waals surface area contributed by atoms with Crippen molar-refractivity contribution < 1.29 is 17.9 Å². The molecular weight excluding hydrogens is 353 g/mol. The average molecular weight is 384 g/mol. The molecule has 1 atom stereocenters. The van der Waals surface area contributed by atoms with Gasteiger partial charge in [-0.3, -0.25) is 0 Å². The van der Waals surface area contributed by atoms with Gasteiger partial charge in [0.2, 0.25) is 0 Å². The van der Waals surface area contributed by atoms with Gasteiger partial charge < -0.3 is 14.5 Å². The maximum absolute atomic E-state index is 13.3. The lowest BCUT2D eigenvalue weighted by Crippen LogP contribution is -2.48. The van der Waals surface area contributed by atoms with Gasteiger partial charge in [0, 0.05) is 38.2 Å². The minimum absolute atomic E-state index is 0.271. The zero-order valence-electron chi connectivity index (χ0n) is 16.6. The highest BCUT2D eigenvalue weighted by Crippen LogP contribution is 2.45. The van der Waals surface area contributed by atoms with E-state index in [2.05, 4.69) is 16.8 Å². The molecular formula is C21H31F3N2O. The van der Waals surface area contributed by atoms with Gasteiger partial charge in [-0.25, -0.2) is 0 Å². The van der Waals surface area contributed by atoms with Crippen LogP contribution in [0.2, 0.25) is 0 Å². The molecule has 0 bridgehead atoms. The molecule has 0 N–H and O–H groups in total. The van der Waals surface area contributed by atoms with Gasteiger partial charge >= 0.3 is 6.18 Å². The molecule has 2 heterocycles. The van der Waals surface area contributed by atoms with E-state index in [1.807, 2.05) is 19.9 Å². The van der Waals surface area contributed by atoms with Crippen molar-refractivity contribution in [3.8, 4) is 0 Å². The van der Waals surface area contributed by atoms with E-state index in [1.165, 1.54) is 12.1 Å². The van der Waals surface area contributed by atoms with Crippen LogP contribution in [0.4, 0.5) is 13.2 Å². The Morgan fingerprint density at radius 1 is 1.11 bits per heavy atom. The molecule has 3 rings (SSSR count). The van der Waals surface area contributed by atoms with Gasteiger partial charge in [0.25, 0.3) is 0 Å². The normalized spacial score (nSPS) is 27.6. The fourth-order valence-electron chi connectivity index (χ4n) is 4.55. The maximum atomic E-state index is 13.3. The van der Waals surface area contributed by atoms with Crippen molar-refractivity contribution >= 4 is 0 Å². The van der Waals surface area contributed by atoms with Gasteiger partial charge in [-0.2, -0.15) is 13.2 Å². The van der Waals surface area contributed by atoms with Gasteiger partial charge in [-0.15, -0.1) is 0 Å². The van der Waals surface area contributed by atoms with Gasteiger partial charge in [-0.1, -0.05) is 18.2 Å². The van der Waals surface area contributed by atoms with Crippen LogP contribution < -0.4 is 0 Å². The van der Waals surface area contributed by atoms with Crippen molar-refractivity contribution in [2.24, 2.45) is 0 Å². The summed E-state index contributed by atoms with van der Waals surface area (Å²) in [5, 5.41) is 0. The lowest BCUT2D eigenvalue weighted by atomic mass is 9.67. The van der Waals surface area contributed by atoms with Crippen LogP contribution in [0.15, 0.2) is 24.3 Å². The third-order valence-corrected chi connectivity index (χ3v) is 6.14. The molecule has 0 saturated carbocycles. The number of alkyl halides is 3. The summed E-state index contributed by atoms with van der Waals surface area (Å²) in [5.74, 6) is 0. The molecule has 0 amide bonds. The van der Waals surface area contributed by atoms with Crippen molar-refractivity contribution in [1.29, 1.82) is 0 Å². The van der Waals surface area contributed by atoms with Crippen LogP contribution in [-0.4, -0.2) is 61.8 Å². The third kappa shape index (κ3) is 5.04. The lowest BCUT2D eigenvalue weighted by molar-refractivity contribution is -0.137. The molecule has 152 valence electrons. The van der Waals surface area contributed by atoms with Gasteiger partial charge in [-0.05, 0) is 58.3 Å². The highest BCUT2D eigenvalue weighted by molar-refractivity contribution is 5.33. The zero-order chi connectivity index (χ0) is 19.7. The molecule has 0 spiro atoms. The van der Waals surface area contributed by atoms with Crippen LogP contribution >= 0.6 is 0 Å². The summed E-state index contributed by atoms with van der Waals surface area (Å²) in [6, 6.07) is 5.96. The minimum Gasteiger partial charge on any atom is -0.376 e. The Balaban J connectivity index is 1.85. The number of hydrogen-bond acceptors (Lipinski definition) is 3. The first-order valence-corrected chi connectivity index (χ1v) is 9.82. The Morgan fingerprint density at radius 3 is 2.44 bits per heavy atom. The van der Waals surface area contributed by atoms with E-state index in [-0.39, 0.29) is 11.0 Å². The van der Waals surface area contributed by atoms with E-state index >= 15 is 0 Å². The number of hydrogen-bond donors (Lipinski definition) is 0. The predicted molar refractivity (Wildman–Crippen MR) is 101 cm³/mol. The van der Waals surface area contributed by atoms with Crippen LogP contribution in [0.3, 0.4) is 0 Å². The molecule has 27 heavy (non-hydrogen) atoms.